The number of aromatic hydroxyl groups is 1. The topological polar surface area (TPSA) is 76.0 Å². The molecule has 5 nitrogen and oxygen atoms in total. The zero-order valence-corrected chi connectivity index (χ0v) is 10.4. The van der Waals surface area contributed by atoms with Crippen LogP contribution in [0, 0.1) is 6.92 Å². The van der Waals surface area contributed by atoms with Crippen LogP contribution in [0.4, 0.5) is 0 Å². The summed E-state index contributed by atoms with van der Waals surface area (Å²) in [4.78, 5) is 11.2. The third-order valence-corrected chi connectivity index (χ3v) is 2.67. The molecule has 0 heterocycles. The van der Waals surface area contributed by atoms with Gasteiger partial charge in [-0.05, 0) is 13.0 Å². The van der Waals surface area contributed by atoms with Gasteiger partial charge in [-0.3, -0.25) is 0 Å². The second kappa shape index (κ2) is 5.25. The van der Waals surface area contributed by atoms with Crippen molar-refractivity contribution in [2.24, 2.45) is 0 Å². The number of benzene rings is 1. The van der Waals surface area contributed by atoms with Crippen molar-refractivity contribution in [1.29, 1.82) is 0 Å². The number of aliphatic hydroxyl groups is 1. The molecule has 1 atom stereocenters. The van der Waals surface area contributed by atoms with Gasteiger partial charge < -0.3 is 19.7 Å². The summed E-state index contributed by atoms with van der Waals surface area (Å²) < 4.78 is 9.37. The second-order valence-electron chi connectivity index (χ2n) is 3.38. The molecule has 1 rings (SSSR count). The third kappa shape index (κ3) is 2.45. The number of methoxy groups -OCH3 is 2. The van der Waals surface area contributed by atoms with Gasteiger partial charge in [-0.1, -0.05) is 11.6 Å². The predicted molar refractivity (Wildman–Crippen MR) is 61.4 cm³/mol. The fourth-order valence-electron chi connectivity index (χ4n) is 1.47. The summed E-state index contributed by atoms with van der Waals surface area (Å²) in [6, 6.07) is 1.27. The molecule has 0 saturated carbocycles. The molecule has 0 spiro atoms. The maximum atomic E-state index is 11.2. The largest absolute Gasteiger partial charge is 0.507 e. The van der Waals surface area contributed by atoms with Crippen LogP contribution in [-0.4, -0.2) is 30.4 Å². The Bertz CT molecular complexity index is 444. The fourth-order valence-corrected chi connectivity index (χ4v) is 1.81. The second-order valence-corrected chi connectivity index (χ2v) is 3.79. The molecule has 17 heavy (non-hydrogen) atoms. The molecular weight excluding hydrogens is 248 g/mol. The molecule has 94 valence electrons. The van der Waals surface area contributed by atoms with Crippen molar-refractivity contribution >= 4 is 17.6 Å². The van der Waals surface area contributed by atoms with Crippen molar-refractivity contribution in [2.75, 3.05) is 14.2 Å². The van der Waals surface area contributed by atoms with Crippen molar-refractivity contribution in [1.82, 2.24) is 0 Å². The van der Waals surface area contributed by atoms with Gasteiger partial charge in [0, 0.05) is 11.1 Å². The van der Waals surface area contributed by atoms with E-state index < -0.39 is 12.1 Å². The monoisotopic (exact) mass is 260 g/mol. The summed E-state index contributed by atoms with van der Waals surface area (Å²) in [5, 5.41) is 19.7. The first-order valence-corrected chi connectivity index (χ1v) is 5.13. The first-order valence-electron chi connectivity index (χ1n) is 4.75. The molecule has 0 aliphatic heterocycles. The number of carbonyl (C=O) groups excluding carboxylic acids is 1. The maximum Gasteiger partial charge on any atom is 0.339 e. The van der Waals surface area contributed by atoms with Crippen LogP contribution in [0.5, 0.6) is 11.5 Å². The van der Waals surface area contributed by atoms with E-state index in [-0.39, 0.29) is 16.3 Å². The lowest BCUT2D eigenvalue weighted by molar-refractivity contribution is -0.150. The van der Waals surface area contributed by atoms with Gasteiger partial charge in [-0.25, -0.2) is 4.79 Å². The normalized spacial score (nSPS) is 12.1. The molecule has 2 N–H and O–H groups in total. The molecule has 0 fully saturated rings. The Kier molecular flexibility index (Phi) is 4.20. The first-order chi connectivity index (χ1) is 7.93. The zero-order valence-electron chi connectivity index (χ0n) is 9.65. The summed E-state index contributed by atoms with van der Waals surface area (Å²) in [5.41, 5.74) is 0.332. The van der Waals surface area contributed by atoms with E-state index in [1.807, 2.05) is 0 Å². The van der Waals surface area contributed by atoms with Crippen LogP contribution < -0.4 is 4.74 Å². The van der Waals surface area contributed by atoms with Gasteiger partial charge in [0.25, 0.3) is 0 Å². The van der Waals surface area contributed by atoms with Crippen molar-refractivity contribution in [3.05, 3.63) is 22.2 Å². The molecular formula is C11H13ClO5. The van der Waals surface area contributed by atoms with E-state index in [4.69, 9.17) is 16.3 Å². The van der Waals surface area contributed by atoms with Crippen molar-refractivity contribution in [3.8, 4) is 11.5 Å². The van der Waals surface area contributed by atoms with E-state index in [1.54, 1.807) is 6.92 Å². The highest BCUT2D eigenvalue weighted by molar-refractivity contribution is 6.32. The molecule has 0 saturated heterocycles. The Balaban J connectivity index is 3.32. The lowest BCUT2D eigenvalue weighted by Crippen LogP contribution is -2.14. The Morgan fingerprint density at radius 2 is 2.06 bits per heavy atom. The number of carbonyl (C=O) groups is 1. The molecule has 1 unspecified atom stereocenters. The minimum atomic E-state index is -1.58. The van der Waals surface area contributed by atoms with Gasteiger partial charge in [-0.2, -0.15) is 0 Å². The van der Waals surface area contributed by atoms with E-state index >= 15 is 0 Å². The SMILES string of the molecule is COC(=O)C(O)c1cc(Cl)c(OC)c(C)c1O. The van der Waals surface area contributed by atoms with Crippen molar-refractivity contribution in [3.63, 3.8) is 0 Å². The van der Waals surface area contributed by atoms with Crippen LogP contribution in [0.3, 0.4) is 0 Å². The lowest BCUT2D eigenvalue weighted by Gasteiger charge is -2.15. The van der Waals surface area contributed by atoms with E-state index in [2.05, 4.69) is 4.74 Å². The molecule has 1 aromatic rings. The van der Waals surface area contributed by atoms with Gasteiger partial charge in [0.15, 0.2) is 6.10 Å². The van der Waals surface area contributed by atoms with Crippen molar-refractivity contribution in [2.45, 2.75) is 13.0 Å². The number of rotatable bonds is 3. The molecule has 0 amide bonds. The molecule has 1 aromatic carbocycles. The standard InChI is InChI=1S/C11H13ClO5/c1-5-8(13)6(9(14)11(15)17-3)4-7(12)10(5)16-2/h4,9,13-14H,1-3H3. The summed E-state index contributed by atoms with van der Waals surface area (Å²) >= 11 is 5.90. The minimum absolute atomic E-state index is 0.0137. The number of phenolic OH excluding ortho intramolecular Hbond substituents is 1. The van der Waals surface area contributed by atoms with Gasteiger partial charge in [0.05, 0.1) is 19.2 Å². The highest BCUT2D eigenvalue weighted by Crippen LogP contribution is 2.39. The van der Waals surface area contributed by atoms with E-state index in [9.17, 15) is 15.0 Å². The van der Waals surface area contributed by atoms with Gasteiger partial charge in [-0.15, -0.1) is 0 Å². The quantitative estimate of drug-likeness (QED) is 0.807. The number of ether oxygens (including phenoxy) is 2. The Morgan fingerprint density at radius 1 is 1.47 bits per heavy atom. The molecule has 0 aromatic heterocycles. The van der Waals surface area contributed by atoms with Gasteiger partial charge in [0.1, 0.15) is 11.5 Å². The number of hydrogen-bond donors (Lipinski definition) is 2. The average Bonchev–Trinajstić information content (AvgIpc) is 2.32. The Labute approximate surface area is 104 Å². The highest BCUT2D eigenvalue weighted by atomic mass is 35.5. The number of phenols is 1. The van der Waals surface area contributed by atoms with Crippen LogP contribution in [-0.2, 0) is 9.53 Å². The number of aliphatic hydroxyl groups excluding tert-OH is 1. The first kappa shape index (κ1) is 13.6. The highest BCUT2D eigenvalue weighted by Gasteiger charge is 2.25. The van der Waals surface area contributed by atoms with E-state index in [0.717, 1.165) is 7.11 Å². The minimum Gasteiger partial charge on any atom is -0.507 e. The maximum absolute atomic E-state index is 11.2. The molecule has 0 aliphatic carbocycles. The van der Waals surface area contributed by atoms with Gasteiger partial charge >= 0.3 is 5.97 Å². The predicted octanol–water partition coefficient (Wildman–Crippen LogP) is 1.57. The van der Waals surface area contributed by atoms with Crippen LogP contribution in [0.2, 0.25) is 5.02 Å². The summed E-state index contributed by atoms with van der Waals surface area (Å²) in [6.45, 7) is 1.56. The number of hydrogen-bond acceptors (Lipinski definition) is 5. The molecule has 0 radical (unpaired) electrons. The average molecular weight is 261 g/mol. The van der Waals surface area contributed by atoms with E-state index in [1.165, 1.54) is 13.2 Å². The van der Waals surface area contributed by atoms with Crippen molar-refractivity contribution < 1.29 is 24.5 Å². The number of halogens is 1. The Morgan fingerprint density at radius 3 is 2.53 bits per heavy atom. The van der Waals surface area contributed by atoms with Crippen LogP contribution in [0.1, 0.15) is 17.2 Å². The lowest BCUT2D eigenvalue weighted by atomic mass is 10.0. The van der Waals surface area contributed by atoms with Crippen LogP contribution in [0.25, 0.3) is 0 Å². The smallest absolute Gasteiger partial charge is 0.339 e. The number of esters is 1. The van der Waals surface area contributed by atoms with E-state index in [0.29, 0.717) is 11.3 Å². The molecule has 6 heteroatoms. The van der Waals surface area contributed by atoms with Crippen LogP contribution >= 0.6 is 11.6 Å². The molecule has 0 bridgehead atoms. The van der Waals surface area contributed by atoms with Crippen LogP contribution in [0.15, 0.2) is 6.07 Å². The summed E-state index contributed by atoms with van der Waals surface area (Å²) in [6.07, 6.45) is -1.58. The third-order valence-electron chi connectivity index (χ3n) is 2.39. The van der Waals surface area contributed by atoms with Gasteiger partial charge in [0.2, 0.25) is 0 Å². The zero-order chi connectivity index (χ0) is 13.2. The fraction of sp³-hybridized carbons (Fsp3) is 0.364. The summed E-state index contributed by atoms with van der Waals surface area (Å²) in [5.74, 6) is -0.824. The summed E-state index contributed by atoms with van der Waals surface area (Å²) in [7, 11) is 2.55. The molecule has 0 aliphatic rings. The Hall–Kier alpha value is -1.46.